The minimum Gasteiger partial charge on any atom is -0.384 e. The molecule has 9 unspecified atom stereocenters. The van der Waals surface area contributed by atoms with Crippen LogP contribution in [0.5, 0.6) is 0 Å². The lowest BCUT2D eigenvalue weighted by molar-refractivity contribution is -0.103. The fourth-order valence-electron chi connectivity index (χ4n) is 12.7. The van der Waals surface area contributed by atoms with E-state index >= 15 is 0 Å². The number of rotatable bonds is 27. The summed E-state index contributed by atoms with van der Waals surface area (Å²) >= 11 is 0. The first-order chi connectivity index (χ1) is 52.1. The molecule has 10 saturated heterocycles. The van der Waals surface area contributed by atoms with Gasteiger partial charge in [0.1, 0.15) is 0 Å². The Balaban J connectivity index is 0. The second-order valence-corrected chi connectivity index (χ2v) is 34.7. The topological polar surface area (TPSA) is 246 Å². The number of ether oxygens (including phenoxy) is 23. The van der Waals surface area contributed by atoms with Gasteiger partial charge in [-0.25, -0.2) is 8.42 Å². The quantitative estimate of drug-likeness (QED) is 0.0741. The molecule has 0 aromatic rings. The Labute approximate surface area is 666 Å². The molecule has 26 heteroatoms. The summed E-state index contributed by atoms with van der Waals surface area (Å²) in [6.45, 7) is 45.1. The second-order valence-electron chi connectivity index (χ2n) is 32.4. The third-order valence-corrected chi connectivity index (χ3v) is 22.2. The van der Waals surface area contributed by atoms with Gasteiger partial charge in [-0.2, -0.15) is 0 Å². The van der Waals surface area contributed by atoms with Crippen LogP contribution in [0.3, 0.4) is 0 Å². The van der Waals surface area contributed by atoms with Crippen molar-refractivity contribution in [3.8, 4) is 0 Å². The Hall–Kier alpha value is -0.970. The normalized spacial score (nSPS) is 26.9. The van der Waals surface area contributed by atoms with Crippen LogP contribution in [-0.2, 0) is 119 Å². The molecule has 0 aromatic heterocycles. The van der Waals surface area contributed by atoms with Crippen molar-refractivity contribution in [3.05, 3.63) is 0 Å². The maximum absolute atomic E-state index is 10.9. The molecule has 10 heterocycles. The van der Waals surface area contributed by atoms with E-state index in [2.05, 4.69) is 48.5 Å². The molecule has 10 fully saturated rings. The highest BCUT2D eigenvalue weighted by Gasteiger charge is 2.37. The Morgan fingerprint density at radius 1 is 0.385 bits per heavy atom. The zero-order chi connectivity index (χ0) is 82.0. The van der Waals surface area contributed by atoms with Gasteiger partial charge in [0.25, 0.3) is 0 Å². The van der Waals surface area contributed by atoms with Gasteiger partial charge in [0, 0.05) is 188 Å². The van der Waals surface area contributed by atoms with Crippen molar-refractivity contribution in [1.82, 2.24) is 0 Å². The summed E-state index contributed by atoms with van der Waals surface area (Å²) < 4.78 is 139. The van der Waals surface area contributed by atoms with Crippen LogP contribution in [-0.4, -0.2) is 327 Å². The molecule has 0 radical (unpaired) electrons. The fraction of sp³-hybridized carbons (Fsp3) is 1.00. The van der Waals surface area contributed by atoms with Crippen LogP contribution >= 0.6 is 0 Å². The SMILES string of the molecule is CCOCC(C)OC.COCC(C)OC.COCC1(C)CCCCO1.COCC1(C)CCCOC1.COCC1(C)CCOCC1.COCC1CCCCO1.COCC1CCCOC1.COCC1CCOCC1.COCC1CCS(=O)(=O)C1.COCC1COC1.COCC1COCC1(C)C.COCC1OCCC1(C)C. The zero-order valence-corrected chi connectivity index (χ0v) is 74.7. The summed E-state index contributed by atoms with van der Waals surface area (Å²) in [5.41, 5.74) is 1.30. The van der Waals surface area contributed by atoms with Crippen LogP contribution in [0.15, 0.2) is 0 Å². The molecule has 0 amide bonds. The Morgan fingerprint density at radius 3 is 1.38 bits per heavy atom. The van der Waals surface area contributed by atoms with Gasteiger partial charge in [-0.3, -0.25) is 0 Å². The Kier molecular flexibility index (Phi) is 70.8. The summed E-state index contributed by atoms with van der Waals surface area (Å²) in [6.07, 6.45) is 19.9. The summed E-state index contributed by atoms with van der Waals surface area (Å²) in [6, 6.07) is 0. The van der Waals surface area contributed by atoms with Gasteiger partial charge in [-0.15, -0.1) is 0 Å². The van der Waals surface area contributed by atoms with Gasteiger partial charge in [-0.1, -0.05) is 41.5 Å². The van der Waals surface area contributed by atoms with Crippen molar-refractivity contribution in [2.24, 2.45) is 51.2 Å². The Morgan fingerprint density at radius 2 is 0.945 bits per heavy atom. The summed E-state index contributed by atoms with van der Waals surface area (Å²) in [5, 5.41) is 0. The predicted molar refractivity (Wildman–Crippen MR) is 433 cm³/mol. The number of methoxy groups -OCH3 is 13. The molecule has 0 bridgehead atoms. The van der Waals surface area contributed by atoms with Gasteiger partial charge in [-0.05, 0) is 159 Å². The molecule has 10 aliphatic rings. The van der Waals surface area contributed by atoms with Crippen molar-refractivity contribution in [3.63, 3.8) is 0 Å². The first-order valence-corrected chi connectivity index (χ1v) is 42.5. The number of hydrogen-bond donors (Lipinski definition) is 0. The number of sulfone groups is 1. The molecule has 25 nitrogen and oxygen atoms in total. The van der Waals surface area contributed by atoms with E-state index < -0.39 is 9.84 Å². The van der Waals surface area contributed by atoms with E-state index in [0.29, 0.717) is 77.5 Å². The molecule has 0 spiro atoms. The largest absolute Gasteiger partial charge is 0.384 e. The zero-order valence-electron chi connectivity index (χ0n) is 73.8. The summed E-state index contributed by atoms with van der Waals surface area (Å²) in [7, 11) is 19.6. The highest BCUT2D eigenvalue weighted by molar-refractivity contribution is 7.91. The first kappa shape index (κ1) is 110. The smallest absolute Gasteiger partial charge is 0.150 e. The third kappa shape index (κ3) is 60.2. The monoisotopic (exact) mass is 1600 g/mol. The van der Waals surface area contributed by atoms with E-state index in [1.54, 1.807) is 92.4 Å². The van der Waals surface area contributed by atoms with Crippen molar-refractivity contribution in [1.29, 1.82) is 0 Å². The molecular weight excluding hydrogens is 1430 g/mol. The van der Waals surface area contributed by atoms with Crippen LogP contribution < -0.4 is 0 Å². The second kappa shape index (κ2) is 70.1. The highest BCUT2D eigenvalue weighted by atomic mass is 32.2. The molecule has 0 N–H and O–H groups in total. The van der Waals surface area contributed by atoms with Crippen molar-refractivity contribution >= 4 is 9.84 Å². The molecule has 0 aromatic carbocycles. The van der Waals surface area contributed by atoms with E-state index in [4.69, 9.17) is 109 Å². The fourth-order valence-corrected chi connectivity index (χ4v) is 14.6. The van der Waals surface area contributed by atoms with Crippen molar-refractivity contribution in [2.75, 3.05) is 289 Å². The molecular formula is C83H170O25S. The van der Waals surface area contributed by atoms with Gasteiger partial charge in [0.15, 0.2) is 9.84 Å². The van der Waals surface area contributed by atoms with Gasteiger partial charge in [0.2, 0.25) is 0 Å². The van der Waals surface area contributed by atoms with E-state index in [0.717, 1.165) is 203 Å². The van der Waals surface area contributed by atoms with E-state index in [1.807, 2.05) is 20.8 Å². The maximum atomic E-state index is 10.9. The molecule has 658 valence electrons. The van der Waals surface area contributed by atoms with Crippen LogP contribution in [0.2, 0.25) is 0 Å². The third-order valence-electron chi connectivity index (χ3n) is 20.4. The lowest BCUT2D eigenvalue weighted by atomic mass is 9.83. The van der Waals surface area contributed by atoms with Crippen molar-refractivity contribution < 1.29 is 117 Å². The molecule has 10 rings (SSSR count). The van der Waals surface area contributed by atoms with Crippen LogP contribution in [0.1, 0.15) is 172 Å². The molecule has 0 aliphatic carbocycles. The van der Waals surface area contributed by atoms with Crippen LogP contribution in [0.25, 0.3) is 0 Å². The predicted octanol–water partition coefficient (Wildman–Crippen LogP) is 12.6. The van der Waals surface area contributed by atoms with Crippen LogP contribution in [0.4, 0.5) is 0 Å². The standard InChI is InChI=1S/5C8H16O2.3C7H14O2.C6H12O3S.C6H14O2.C5H10O2.C5H12O2/c1-8(2)6-10-5-7(8)4-9-3;1-8(2)4-5-10-7(8)6-9-3;1-8(7-9-2)3-5-10-6-4-8;1-8(6-9-2)4-3-5-10-7-8;1-8(7-9-2)5-3-4-6-10-8;1-8-6-7-2-4-9-5-3-7;1-8-5-7-3-2-4-9-6-7;1-8-6-7-4-2-3-5-9-7;1-9-4-6-2-3-10(7,8)5-6;1-4-8-5-6(2)7-3;1-6-2-5-3-7-4-5;1-5(7-3)4-6-2/h2*7H,4-6H2,1-3H3;3*3-7H2,1-2H3;3*7H,2-6H2,1H3;6H,2-5H2,1H3;6H,4-5H2,1-3H3;5H,2-4H2,1H3;5H,4H2,1-3H3. The van der Waals surface area contributed by atoms with Crippen LogP contribution in [0, 0.1) is 51.2 Å². The lowest BCUT2D eigenvalue weighted by Gasteiger charge is -2.32. The maximum Gasteiger partial charge on any atom is 0.150 e. The van der Waals surface area contributed by atoms with Gasteiger partial charge >= 0.3 is 0 Å². The van der Waals surface area contributed by atoms with E-state index in [9.17, 15) is 8.42 Å². The highest BCUT2D eigenvalue weighted by Crippen LogP contribution is 2.35. The minimum atomic E-state index is -2.70. The minimum absolute atomic E-state index is 0.00694. The van der Waals surface area contributed by atoms with Gasteiger partial charge in [0.05, 0.1) is 154 Å². The average molecular weight is 1600 g/mol. The Bertz CT molecular complexity index is 1860. The van der Waals surface area contributed by atoms with Crippen molar-refractivity contribution in [2.45, 2.75) is 202 Å². The molecule has 0 saturated carbocycles. The molecule has 10 aliphatic heterocycles. The van der Waals surface area contributed by atoms with E-state index in [1.165, 1.54) is 70.6 Å². The molecule has 9 atom stereocenters. The van der Waals surface area contributed by atoms with E-state index in [-0.39, 0.29) is 29.1 Å². The first-order valence-electron chi connectivity index (χ1n) is 40.7. The summed E-state index contributed by atoms with van der Waals surface area (Å²) in [4.78, 5) is 0. The lowest BCUT2D eigenvalue weighted by Crippen LogP contribution is -2.37. The number of hydrogen-bond acceptors (Lipinski definition) is 25. The van der Waals surface area contributed by atoms with Gasteiger partial charge < -0.3 is 109 Å². The molecule has 109 heavy (non-hydrogen) atoms. The average Bonchev–Trinajstić information content (AvgIpc) is 1.78. The summed E-state index contributed by atoms with van der Waals surface area (Å²) in [5.74, 6) is 3.59.